The van der Waals surface area contributed by atoms with Crippen LogP contribution in [0, 0.1) is 0 Å². The largest absolute Gasteiger partial charge is 2.00 e. The van der Waals surface area contributed by atoms with Gasteiger partial charge < -0.3 is 34.6 Å². The van der Waals surface area contributed by atoms with E-state index < -0.39 is 34.5 Å². The molecule has 99 valence electrons. The zero-order valence-corrected chi connectivity index (χ0v) is 12.9. The molecule has 0 aliphatic heterocycles. The fraction of sp³-hybridized carbons (Fsp3) is 0.500. The first-order chi connectivity index (χ1) is 6.46. The molecule has 0 aromatic rings. The maximum absolute atomic E-state index is 9.63. The maximum atomic E-state index is 9.63. The molecule has 0 heterocycles. The summed E-state index contributed by atoms with van der Waals surface area (Å²) in [6.45, 7) is 0. The van der Waals surface area contributed by atoms with E-state index in [1.165, 1.54) is 0 Å². The third kappa shape index (κ3) is 22.5. The number of aliphatic carboxylic acids is 2. The number of aliphatic hydroxyl groups excluding tert-OH is 2. The van der Waals surface area contributed by atoms with Crippen molar-refractivity contribution in [3.05, 3.63) is 0 Å². The Balaban J connectivity index is -0.000000105. The molecule has 3 N–H and O–H groups in total. The summed E-state index contributed by atoms with van der Waals surface area (Å²) in [4.78, 5) is 19.3. The van der Waals surface area contributed by atoms with Gasteiger partial charge in [0.1, 0.15) is 12.2 Å². The molecule has 0 aliphatic rings. The van der Waals surface area contributed by atoms with E-state index in [2.05, 4.69) is 0 Å². The molecule has 1 radical (unpaired) electrons. The number of rotatable bonds is 3. The first-order valence-corrected chi connectivity index (χ1v) is 4.29. The van der Waals surface area contributed by atoms with Crippen LogP contribution in [0.5, 0.6) is 0 Å². The van der Waals surface area contributed by atoms with Gasteiger partial charge >= 0.3 is 68.5 Å². The molecule has 0 aliphatic carbocycles. The zero-order chi connectivity index (χ0) is 12.8. The van der Waals surface area contributed by atoms with E-state index in [1.807, 2.05) is 0 Å². The molecule has 13 heteroatoms. The summed E-state index contributed by atoms with van der Waals surface area (Å²) in [5.41, 5.74) is 0. The second-order valence-electron chi connectivity index (χ2n) is 1.96. The Hall–Kier alpha value is 0.886. The molecule has 0 saturated heterocycles. The fourth-order valence-electron chi connectivity index (χ4n) is 0.258. The van der Waals surface area contributed by atoms with Gasteiger partial charge in [0, 0.05) is 0 Å². The van der Waals surface area contributed by atoms with Crippen LogP contribution in [0.1, 0.15) is 0 Å². The van der Waals surface area contributed by atoms with E-state index in [0.29, 0.717) is 0 Å². The quantitative estimate of drug-likeness (QED) is 0.250. The number of hydrogen-bond donors (Lipinski definition) is 3. The van der Waals surface area contributed by atoms with Crippen molar-refractivity contribution in [3.63, 3.8) is 0 Å². The van der Waals surface area contributed by atoms with Crippen molar-refractivity contribution in [2.24, 2.45) is 0 Å². The molecule has 0 rings (SSSR count). The molecule has 0 fully saturated rings. The SMILES string of the molecule is O=C([O-])C(O)C(O)C(=O)[O-].O=S(=O)([O-])O.[Cu+2].[K+]. The minimum absolute atomic E-state index is 0. The Morgan fingerprint density at radius 3 is 1.18 bits per heavy atom. The molecule has 10 nitrogen and oxygen atoms in total. The molecule has 0 bridgehead atoms. The van der Waals surface area contributed by atoms with E-state index in [0.717, 1.165) is 0 Å². The van der Waals surface area contributed by atoms with Gasteiger partial charge in [0.25, 0.3) is 0 Å². The van der Waals surface area contributed by atoms with Gasteiger partial charge in [0.05, 0.1) is 11.9 Å². The molecule has 17 heavy (non-hydrogen) atoms. The normalized spacial score (nSPS) is 12.7. The predicted molar refractivity (Wildman–Crippen MR) is 34.4 cm³/mol. The first-order valence-electron chi connectivity index (χ1n) is 2.93. The van der Waals surface area contributed by atoms with Crippen LogP contribution in [0.25, 0.3) is 0 Å². The van der Waals surface area contributed by atoms with Crippen molar-refractivity contribution < 1.29 is 116 Å². The van der Waals surface area contributed by atoms with E-state index in [9.17, 15) is 19.8 Å². The van der Waals surface area contributed by atoms with Crippen molar-refractivity contribution in [1.82, 2.24) is 0 Å². The number of carbonyl (C=O) groups excluding carboxylic acids is 2. The Morgan fingerprint density at radius 2 is 1.12 bits per heavy atom. The van der Waals surface area contributed by atoms with Crippen molar-refractivity contribution in [2.45, 2.75) is 12.2 Å². The summed E-state index contributed by atoms with van der Waals surface area (Å²) in [6, 6.07) is 0. The molecule has 2 atom stereocenters. The van der Waals surface area contributed by atoms with Crippen LogP contribution in [-0.4, -0.2) is 51.9 Å². The third-order valence-corrected chi connectivity index (χ3v) is 0.782. The number of carboxylic acids is 2. The van der Waals surface area contributed by atoms with Gasteiger partial charge in [-0.1, -0.05) is 0 Å². The molecule has 2 unspecified atom stereocenters. The van der Waals surface area contributed by atoms with Crippen LogP contribution in [0.2, 0.25) is 0 Å². The van der Waals surface area contributed by atoms with Crippen LogP contribution in [0.4, 0.5) is 0 Å². The van der Waals surface area contributed by atoms with E-state index in [4.69, 9.17) is 27.7 Å². The standard InChI is InChI=1S/C4H6O6.Cu.K.H2O4S/c5-1(3(7)8)2(6)4(9)10;;;1-5(2,3)4/h1-2,5-6H,(H,7,8)(H,9,10);;;(H2,1,2,3,4)/q;+2;+1;/p-3. The van der Waals surface area contributed by atoms with Gasteiger partial charge in [-0.25, -0.2) is 8.42 Å². The van der Waals surface area contributed by atoms with Crippen LogP contribution < -0.4 is 61.6 Å². The van der Waals surface area contributed by atoms with Gasteiger partial charge in [-0.3, -0.25) is 4.55 Å². The topological polar surface area (TPSA) is 198 Å². The minimum Gasteiger partial charge on any atom is -0.726 e. The smallest absolute Gasteiger partial charge is 0.726 e. The number of carboxylic acid groups (broad SMARTS) is 2. The first kappa shape index (κ1) is 26.4. The van der Waals surface area contributed by atoms with Gasteiger partial charge in [0.15, 0.2) is 0 Å². The second kappa shape index (κ2) is 11.9. The Kier molecular flexibility index (Phi) is 18.6. The number of carbonyl (C=O) groups is 2. The summed E-state index contributed by atoms with van der Waals surface area (Å²) in [5, 5.41) is 35.7. The van der Waals surface area contributed by atoms with E-state index in [1.54, 1.807) is 0 Å². The summed E-state index contributed by atoms with van der Waals surface area (Å²) in [6.07, 6.45) is -4.88. The number of hydrogen-bond acceptors (Lipinski definition) is 9. The Morgan fingerprint density at radius 1 is 1.00 bits per heavy atom. The molecular formula is C4H5CuKO10S. The monoisotopic (exact) mass is 347 g/mol. The van der Waals surface area contributed by atoms with E-state index in [-0.39, 0.29) is 68.5 Å². The molecule has 0 amide bonds. The van der Waals surface area contributed by atoms with Crippen molar-refractivity contribution in [2.75, 3.05) is 0 Å². The average molecular weight is 348 g/mol. The molecule has 0 aromatic heterocycles. The van der Waals surface area contributed by atoms with Crippen LogP contribution >= 0.6 is 0 Å². The predicted octanol–water partition coefficient (Wildman–Crippen LogP) is -8.79. The minimum atomic E-state index is -4.92. The van der Waals surface area contributed by atoms with Crippen LogP contribution in [0.15, 0.2) is 0 Å². The van der Waals surface area contributed by atoms with Crippen molar-refractivity contribution in [1.29, 1.82) is 0 Å². The second-order valence-corrected chi connectivity index (χ2v) is 2.81. The summed E-state index contributed by atoms with van der Waals surface area (Å²) < 4.78 is 32.8. The van der Waals surface area contributed by atoms with E-state index >= 15 is 0 Å². The summed E-state index contributed by atoms with van der Waals surface area (Å²) in [5.74, 6) is -4.12. The molecular weight excluding hydrogens is 343 g/mol. The van der Waals surface area contributed by atoms with Gasteiger partial charge in [-0.05, 0) is 0 Å². The van der Waals surface area contributed by atoms with Gasteiger partial charge in [-0.15, -0.1) is 0 Å². The maximum Gasteiger partial charge on any atom is 2.00 e. The van der Waals surface area contributed by atoms with Gasteiger partial charge in [-0.2, -0.15) is 0 Å². The third-order valence-electron chi connectivity index (χ3n) is 0.782. The van der Waals surface area contributed by atoms with Crippen LogP contribution in [0.3, 0.4) is 0 Å². The Labute approximate surface area is 148 Å². The summed E-state index contributed by atoms with van der Waals surface area (Å²) in [7, 11) is -4.92. The molecule has 0 spiro atoms. The molecule has 0 saturated carbocycles. The van der Waals surface area contributed by atoms with Crippen molar-refractivity contribution in [3.8, 4) is 0 Å². The van der Waals surface area contributed by atoms with Gasteiger partial charge in [0.2, 0.25) is 10.4 Å². The molecule has 0 aromatic carbocycles. The van der Waals surface area contributed by atoms with Crippen LogP contribution in [-0.2, 0) is 37.1 Å². The van der Waals surface area contributed by atoms with Crippen molar-refractivity contribution >= 4 is 22.3 Å². The fourth-order valence-corrected chi connectivity index (χ4v) is 0.258. The number of aliphatic hydroxyl groups is 2. The zero-order valence-electron chi connectivity index (χ0n) is 8.06. The Bertz CT molecular complexity index is 301. The average Bonchev–Trinajstić information content (AvgIpc) is 1.98. The summed E-state index contributed by atoms with van der Waals surface area (Å²) >= 11 is 0.